The van der Waals surface area contributed by atoms with Crippen LogP contribution in [0.3, 0.4) is 0 Å². The van der Waals surface area contributed by atoms with Crippen LogP contribution < -0.4 is 5.48 Å². The molecule has 5 nitrogen and oxygen atoms in total. The Morgan fingerprint density at radius 1 is 1.28 bits per heavy atom. The highest BCUT2D eigenvalue weighted by Crippen LogP contribution is 2.48. The molecule has 2 saturated heterocycles. The third kappa shape index (κ3) is 5.80. The summed E-state index contributed by atoms with van der Waals surface area (Å²) in [6, 6.07) is 0. The summed E-state index contributed by atoms with van der Waals surface area (Å²) in [7, 11) is 0. The molecular formula is C20H35NO4. The number of rotatable bonds is 12. The number of fused-ring (bicyclic) bond motifs is 2. The maximum Gasteiger partial charge on any atom is 0.247 e. The van der Waals surface area contributed by atoms with Gasteiger partial charge in [-0.25, -0.2) is 5.48 Å². The Morgan fingerprint density at radius 3 is 2.80 bits per heavy atom. The second-order valence-electron chi connectivity index (χ2n) is 7.41. The van der Waals surface area contributed by atoms with E-state index >= 15 is 0 Å². The SMILES string of the molecule is CCCCCCOC[C@@H]1[C@@H](C(/C=C\CC(=O)NO)CC)[C@@H]2CC[C@H]1O2. The van der Waals surface area contributed by atoms with E-state index in [4.69, 9.17) is 14.7 Å². The minimum Gasteiger partial charge on any atom is -0.381 e. The quantitative estimate of drug-likeness (QED) is 0.242. The van der Waals surface area contributed by atoms with Crippen molar-refractivity contribution in [2.45, 2.75) is 77.4 Å². The fourth-order valence-electron chi connectivity index (χ4n) is 4.40. The lowest BCUT2D eigenvalue weighted by Crippen LogP contribution is -2.35. The number of hydrogen-bond donors (Lipinski definition) is 2. The summed E-state index contributed by atoms with van der Waals surface area (Å²) in [5.74, 6) is 0.969. The fourth-order valence-corrected chi connectivity index (χ4v) is 4.40. The van der Waals surface area contributed by atoms with Gasteiger partial charge in [-0.15, -0.1) is 0 Å². The molecule has 0 spiro atoms. The molecule has 5 atom stereocenters. The van der Waals surface area contributed by atoms with Gasteiger partial charge >= 0.3 is 0 Å². The number of hydroxylamine groups is 1. The second kappa shape index (κ2) is 10.9. The minimum absolute atomic E-state index is 0.216. The molecule has 144 valence electrons. The molecule has 2 aliphatic heterocycles. The molecule has 2 bridgehead atoms. The molecule has 0 aliphatic carbocycles. The summed E-state index contributed by atoms with van der Waals surface area (Å²) in [6.45, 7) is 6.06. The first-order chi connectivity index (χ1) is 12.2. The van der Waals surface area contributed by atoms with Gasteiger partial charge in [0.1, 0.15) is 0 Å². The molecule has 1 amide bonds. The number of carbonyl (C=O) groups is 1. The van der Waals surface area contributed by atoms with Crippen LogP contribution in [0.1, 0.15) is 65.2 Å². The molecule has 0 aromatic heterocycles. The summed E-state index contributed by atoms with van der Waals surface area (Å²) in [5.41, 5.74) is 1.68. The van der Waals surface area contributed by atoms with Crippen LogP contribution in [0.25, 0.3) is 0 Å². The monoisotopic (exact) mass is 353 g/mol. The van der Waals surface area contributed by atoms with Gasteiger partial charge in [-0.1, -0.05) is 45.3 Å². The van der Waals surface area contributed by atoms with Gasteiger partial charge in [0.25, 0.3) is 0 Å². The lowest BCUT2D eigenvalue weighted by molar-refractivity contribution is -0.128. The number of allylic oxidation sites excluding steroid dienone is 1. The van der Waals surface area contributed by atoms with Crippen LogP contribution in [0, 0.1) is 17.8 Å². The predicted molar refractivity (Wildman–Crippen MR) is 97.3 cm³/mol. The predicted octanol–water partition coefficient (Wildman–Crippen LogP) is 3.85. The minimum atomic E-state index is -0.373. The van der Waals surface area contributed by atoms with Crippen molar-refractivity contribution in [1.29, 1.82) is 0 Å². The normalized spacial score (nSPS) is 29.4. The Labute approximate surface area is 152 Å². The Bertz CT molecular complexity index is 426. The summed E-state index contributed by atoms with van der Waals surface area (Å²) in [5, 5.41) is 8.60. The van der Waals surface area contributed by atoms with Crippen molar-refractivity contribution in [1.82, 2.24) is 5.48 Å². The van der Waals surface area contributed by atoms with E-state index in [-0.39, 0.29) is 12.3 Å². The van der Waals surface area contributed by atoms with Crippen molar-refractivity contribution < 1.29 is 19.5 Å². The van der Waals surface area contributed by atoms with E-state index in [0.29, 0.717) is 30.0 Å². The van der Waals surface area contributed by atoms with Gasteiger partial charge < -0.3 is 9.47 Å². The largest absolute Gasteiger partial charge is 0.381 e. The number of nitrogens with one attached hydrogen (secondary N) is 1. The fraction of sp³-hybridized carbons (Fsp3) is 0.850. The first-order valence-electron chi connectivity index (χ1n) is 10.0. The zero-order valence-electron chi connectivity index (χ0n) is 15.8. The molecule has 25 heavy (non-hydrogen) atoms. The molecule has 0 saturated carbocycles. The molecule has 1 unspecified atom stereocenters. The first-order valence-corrected chi connectivity index (χ1v) is 10.0. The summed E-state index contributed by atoms with van der Waals surface area (Å²) >= 11 is 0. The average Bonchev–Trinajstić information content (AvgIpc) is 3.23. The van der Waals surface area contributed by atoms with E-state index in [1.54, 1.807) is 5.48 Å². The van der Waals surface area contributed by atoms with Crippen LogP contribution in [-0.2, 0) is 14.3 Å². The molecule has 2 aliphatic rings. The molecule has 0 aromatic carbocycles. The lowest BCUT2D eigenvalue weighted by atomic mass is 9.71. The van der Waals surface area contributed by atoms with E-state index in [1.165, 1.54) is 19.3 Å². The molecule has 0 aromatic rings. The number of unbranched alkanes of at least 4 members (excludes halogenated alkanes) is 3. The number of hydrogen-bond acceptors (Lipinski definition) is 4. The third-order valence-electron chi connectivity index (χ3n) is 5.72. The van der Waals surface area contributed by atoms with E-state index in [1.807, 2.05) is 6.08 Å². The highest BCUT2D eigenvalue weighted by molar-refractivity contribution is 5.76. The Balaban J connectivity index is 1.85. The standard InChI is InChI=1S/C20H35NO4/c1-3-5-6-7-13-24-14-16-17-11-12-18(25-17)20(16)15(4-2)9-8-10-19(22)21-23/h8-9,15-18,20,23H,3-7,10-14H2,1-2H3,(H,21,22)/b9-8-/t15?,16-,17+,18-,20+/m0/s1. The van der Waals surface area contributed by atoms with Crippen LogP contribution in [0.4, 0.5) is 0 Å². The van der Waals surface area contributed by atoms with E-state index in [2.05, 4.69) is 19.9 Å². The highest BCUT2D eigenvalue weighted by atomic mass is 16.5. The molecule has 2 fully saturated rings. The van der Waals surface area contributed by atoms with Crippen molar-refractivity contribution in [3.8, 4) is 0 Å². The first kappa shape index (κ1) is 20.4. The Kier molecular flexibility index (Phi) is 8.93. The molecule has 5 heteroatoms. The molecule has 2 N–H and O–H groups in total. The van der Waals surface area contributed by atoms with Crippen LogP contribution in [0.2, 0.25) is 0 Å². The van der Waals surface area contributed by atoms with Crippen LogP contribution in [-0.4, -0.2) is 36.5 Å². The molecule has 2 heterocycles. The number of ether oxygens (including phenoxy) is 2. The molecule has 2 rings (SSSR count). The van der Waals surface area contributed by atoms with Crippen molar-refractivity contribution in [2.75, 3.05) is 13.2 Å². The molecular weight excluding hydrogens is 318 g/mol. The van der Waals surface area contributed by atoms with Gasteiger partial charge in [0.05, 0.1) is 18.8 Å². The topological polar surface area (TPSA) is 67.8 Å². The zero-order chi connectivity index (χ0) is 18.1. The van der Waals surface area contributed by atoms with Crippen molar-refractivity contribution >= 4 is 5.91 Å². The van der Waals surface area contributed by atoms with Gasteiger partial charge in [0, 0.05) is 18.9 Å². The van der Waals surface area contributed by atoms with Gasteiger partial charge in [0.2, 0.25) is 5.91 Å². The van der Waals surface area contributed by atoms with Crippen molar-refractivity contribution in [3.05, 3.63) is 12.2 Å². The van der Waals surface area contributed by atoms with Gasteiger partial charge in [-0.3, -0.25) is 10.0 Å². The van der Waals surface area contributed by atoms with Crippen molar-refractivity contribution in [3.63, 3.8) is 0 Å². The van der Waals surface area contributed by atoms with Gasteiger partial charge in [-0.2, -0.15) is 0 Å². The number of carbonyl (C=O) groups excluding carboxylic acids is 1. The van der Waals surface area contributed by atoms with Crippen LogP contribution in [0.5, 0.6) is 0 Å². The lowest BCUT2D eigenvalue weighted by Gasteiger charge is -2.32. The van der Waals surface area contributed by atoms with E-state index < -0.39 is 0 Å². The van der Waals surface area contributed by atoms with Crippen LogP contribution >= 0.6 is 0 Å². The number of amides is 1. The third-order valence-corrected chi connectivity index (χ3v) is 5.72. The Morgan fingerprint density at radius 2 is 2.08 bits per heavy atom. The Hall–Kier alpha value is -0.910. The summed E-state index contributed by atoms with van der Waals surface area (Å²) < 4.78 is 12.2. The summed E-state index contributed by atoms with van der Waals surface area (Å²) in [6.07, 6.45) is 13.2. The van der Waals surface area contributed by atoms with E-state index in [9.17, 15) is 4.79 Å². The van der Waals surface area contributed by atoms with Crippen molar-refractivity contribution in [2.24, 2.45) is 17.8 Å². The maximum absolute atomic E-state index is 11.2. The highest BCUT2D eigenvalue weighted by Gasteiger charge is 2.50. The second-order valence-corrected chi connectivity index (χ2v) is 7.41. The van der Waals surface area contributed by atoms with E-state index in [0.717, 1.165) is 38.9 Å². The van der Waals surface area contributed by atoms with Crippen LogP contribution in [0.15, 0.2) is 12.2 Å². The van der Waals surface area contributed by atoms with Gasteiger partial charge in [-0.05, 0) is 37.5 Å². The maximum atomic E-state index is 11.2. The molecule has 0 radical (unpaired) electrons. The summed E-state index contributed by atoms with van der Waals surface area (Å²) in [4.78, 5) is 11.2. The average molecular weight is 354 g/mol. The smallest absolute Gasteiger partial charge is 0.247 e. The van der Waals surface area contributed by atoms with Gasteiger partial charge in [0.15, 0.2) is 0 Å². The zero-order valence-corrected chi connectivity index (χ0v) is 15.8.